The predicted molar refractivity (Wildman–Crippen MR) is 73.1 cm³/mol. The average Bonchev–Trinajstić information content (AvgIpc) is 2.75. The van der Waals surface area contributed by atoms with Crippen LogP contribution >= 0.6 is 11.3 Å². The van der Waals surface area contributed by atoms with Gasteiger partial charge in [0.2, 0.25) is 5.91 Å². The van der Waals surface area contributed by atoms with Gasteiger partial charge in [-0.05, 0) is 5.41 Å². The monoisotopic (exact) mass is 299 g/mol. The molecule has 0 radical (unpaired) electrons. The second kappa shape index (κ2) is 6.99. The Balaban J connectivity index is 2.34. The van der Waals surface area contributed by atoms with Gasteiger partial charge in [-0.15, -0.1) is 11.3 Å². The lowest BCUT2D eigenvalue weighted by Crippen LogP contribution is -2.40. The third-order valence-corrected chi connectivity index (χ3v) is 3.07. The molecule has 0 saturated heterocycles. The van der Waals surface area contributed by atoms with Crippen molar-refractivity contribution in [3.05, 3.63) is 16.6 Å². The van der Waals surface area contributed by atoms with Crippen molar-refractivity contribution >= 4 is 29.2 Å². The molecule has 0 aliphatic heterocycles. The van der Waals surface area contributed by atoms with Crippen LogP contribution in [0.2, 0.25) is 0 Å². The molecule has 1 aromatic heterocycles. The van der Waals surface area contributed by atoms with Crippen LogP contribution in [0, 0.1) is 5.41 Å². The van der Waals surface area contributed by atoms with E-state index in [9.17, 15) is 14.4 Å². The van der Waals surface area contributed by atoms with Gasteiger partial charge in [-0.1, -0.05) is 13.8 Å². The number of carboxylic acids is 1. The number of imide groups is 1. The summed E-state index contributed by atoms with van der Waals surface area (Å²) < 4.78 is 0. The van der Waals surface area contributed by atoms with Gasteiger partial charge in [-0.25, -0.2) is 9.78 Å². The van der Waals surface area contributed by atoms with Gasteiger partial charge < -0.3 is 10.4 Å². The highest BCUT2D eigenvalue weighted by molar-refractivity contribution is 7.07. The number of hydrogen-bond acceptors (Lipinski definition) is 5. The van der Waals surface area contributed by atoms with E-state index < -0.39 is 23.3 Å². The highest BCUT2D eigenvalue weighted by Crippen LogP contribution is 2.24. The van der Waals surface area contributed by atoms with Crippen molar-refractivity contribution in [1.82, 2.24) is 15.6 Å². The van der Waals surface area contributed by atoms with Gasteiger partial charge in [0.15, 0.2) is 0 Å². The zero-order valence-corrected chi connectivity index (χ0v) is 12.1. The van der Waals surface area contributed by atoms with Gasteiger partial charge in [0.05, 0.1) is 24.2 Å². The molecular formula is C12H17N3O4S. The average molecular weight is 299 g/mol. The molecule has 0 aliphatic rings. The van der Waals surface area contributed by atoms with Crippen LogP contribution in [0.3, 0.4) is 0 Å². The Labute approximate surface area is 120 Å². The molecule has 20 heavy (non-hydrogen) atoms. The van der Waals surface area contributed by atoms with E-state index in [2.05, 4.69) is 15.6 Å². The van der Waals surface area contributed by atoms with E-state index in [4.69, 9.17) is 5.11 Å². The van der Waals surface area contributed by atoms with Gasteiger partial charge in [0.1, 0.15) is 0 Å². The van der Waals surface area contributed by atoms with Gasteiger partial charge in [-0.3, -0.25) is 14.9 Å². The molecule has 7 nitrogen and oxygen atoms in total. The Bertz CT molecular complexity index is 485. The third-order valence-electron chi connectivity index (χ3n) is 2.44. The number of thiazole rings is 1. The first kappa shape index (κ1) is 16.1. The first-order valence-corrected chi connectivity index (χ1v) is 6.89. The van der Waals surface area contributed by atoms with Crippen LogP contribution in [-0.2, 0) is 16.1 Å². The van der Waals surface area contributed by atoms with E-state index in [1.165, 1.54) is 11.3 Å². The zero-order valence-electron chi connectivity index (χ0n) is 11.3. The highest BCUT2D eigenvalue weighted by Gasteiger charge is 2.25. The molecular weight excluding hydrogens is 282 g/mol. The van der Waals surface area contributed by atoms with E-state index in [-0.39, 0.29) is 19.4 Å². The van der Waals surface area contributed by atoms with E-state index in [0.717, 1.165) is 0 Å². The van der Waals surface area contributed by atoms with Crippen LogP contribution in [0.5, 0.6) is 0 Å². The molecule has 0 fully saturated rings. The lowest BCUT2D eigenvalue weighted by molar-refractivity contribution is -0.139. The molecule has 0 spiro atoms. The van der Waals surface area contributed by atoms with Gasteiger partial charge in [0.25, 0.3) is 0 Å². The van der Waals surface area contributed by atoms with Crippen LogP contribution in [0.15, 0.2) is 10.9 Å². The Morgan fingerprint density at radius 1 is 1.35 bits per heavy atom. The van der Waals surface area contributed by atoms with Crippen LogP contribution in [-0.4, -0.2) is 28.0 Å². The van der Waals surface area contributed by atoms with Crippen LogP contribution in [0.25, 0.3) is 0 Å². The van der Waals surface area contributed by atoms with Crippen LogP contribution in [0.4, 0.5) is 4.79 Å². The van der Waals surface area contributed by atoms with Gasteiger partial charge in [-0.2, -0.15) is 0 Å². The van der Waals surface area contributed by atoms with E-state index in [0.29, 0.717) is 5.69 Å². The number of carboxylic acid groups (broad SMARTS) is 1. The molecule has 3 N–H and O–H groups in total. The maximum absolute atomic E-state index is 11.6. The minimum atomic E-state index is -0.976. The van der Waals surface area contributed by atoms with E-state index >= 15 is 0 Å². The SMILES string of the molecule is CC(C)(CC(=O)O)CC(=O)NC(=O)NCc1cscn1. The van der Waals surface area contributed by atoms with Crippen molar-refractivity contribution in [2.45, 2.75) is 33.2 Å². The Morgan fingerprint density at radius 2 is 2.05 bits per heavy atom. The van der Waals surface area contributed by atoms with Crippen molar-refractivity contribution in [2.75, 3.05) is 0 Å². The number of nitrogens with one attached hydrogen (secondary N) is 2. The second-order valence-electron chi connectivity index (χ2n) is 5.12. The summed E-state index contributed by atoms with van der Waals surface area (Å²) in [5.41, 5.74) is 1.66. The molecule has 8 heteroatoms. The lowest BCUT2D eigenvalue weighted by Gasteiger charge is -2.21. The number of urea groups is 1. The number of carbonyl (C=O) groups is 3. The quantitative estimate of drug-likeness (QED) is 0.735. The number of rotatable bonds is 6. The molecule has 1 heterocycles. The molecule has 0 atom stereocenters. The largest absolute Gasteiger partial charge is 0.481 e. The minimum absolute atomic E-state index is 0.0383. The summed E-state index contributed by atoms with van der Waals surface area (Å²) in [6.45, 7) is 3.56. The number of aliphatic carboxylic acids is 1. The highest BCUT2D eigenvalue weighted by atomic mass is 32.1. The maximum atomic E-state index is 11.6. The molecule has 3 amide bonds. The van der Waals surface area contributed by atoms with Crippen molar-refractivity contribution in [3.63, 3.8) is 0 Å². The minimum Gasteiger partial charge on any atom is -0.481 e. The lowest BCUT2D eigenvalue weighted by atomic mass is 9.85. The first-order valence-electron chi connectivity index (χ1n) is 5.95. The van der Waals surface area contributed by atoms with Gasteiger partial charge >= 0.3 is 12.0 Å². The number of hydrogen-bond donors (Lipinski definition) is 3. The Morgan fingerprint density at radius 3 is 2.60 bits per heavy atom. The molecule has 1 rings (SSSR count). The number of amides is 3. The van der Waals surface area contributed by atoms with Crippen molar-refractivity contribution in [3.8, 4) is 0 Å². The second-order valence-corrected chi connectivity index (χ2v) is 5.84. The molecule has 0 aromatic carbocycles. The Hall–Kier alpha value is -1.96. The summed E-state index contributed by atoms with van der Waals surface area (Å²) in [4.78, 5) is 37.7. The van der Waals surface area contributed by atoms with E-state index in [1.807, 2.05) is 0 Å². The molecule has 0 saturated carbocycles. The normalized spacial score (nSPS) is 10.9. The van der Waals surface area contributed by atoms with E-state index in [1.54, 1.807) is 24.7 Å². The molecule has 110 valence electrons. The summed E-state index contributed by atoms with van der Waals surface area (Å²) in [6, 6.07) is -0.617. The topological polar surface area (TPSA) is 108 Å². The van der Waals surface area contributed by atoms with Crippen molar-refractivity contribution in [1.29, 1.82) is 0 Å². The molecule has 1 aromatic rings. The zero-order chi connectivity index (χ0) is 15.2. The summed E-state index contributed by atoms with van der Waals surface area (Å²) in [7, 11) is 0. The standard InChI is InChI=1S/C12H17N3O4S/c1-12(2,4-10(17)18)3-9(16)15-11(19)13-5-8-6-20-7-14-8/h6-7H,3-5H2,1-2H3,(H,17,18)(H2,13,15,16,19). The van der Waals surface area contributed by atoms with Crippen LogP contribution in [0.1, 0.15) is 32.4 Å². The Kier molecular flexibility index (Phi) is 5.63. The number of carbonyl (C=O) groups excluding carboxylic acids is 2. The molecule has 0 unspecified atom stereocenters. The van der Waals surface area contributed by atoms with Crippen molar-refractivity contribution < 1.29 is 19.5 Å². The van der Waals surface area contributed by atoms with Crippen LogP contribution < -0.4 is 10.6 Å². The molecule has 0 aliphatic carbocycles. The van der Waals surface area contributed by atoms with Crippen molar-refractivity contribution in [2.24, 2.45) is 5.41 Å². The first-order chi connectivity index (χ1) is 9.28. The number of nitrogens with zero attached hydrogens (tertiary/aromatic N) is 1. The fourth-order valence-electron chi connectivity index (χ4n) is 1.62. The summed E-state index contributed by atoms with van der Waals surface area (Å²) in [5, 5.41) is 15.2. The smallest absolute Gasteiger partial charge is 0.321 e. The number of aromatic nitrogens is 1. The third kappa shape index (κ3) is 6.28. The van der Waals surface area contributed by atoms with Gasteiger partial charge in [0, 0.05) is 11.8 Å². The molecule has 0 bridgehead atoms. The predicted octanol–water partition coefficient (Wildman–Crippen LogP) is 1.36. The fraction of sp³-hybridized carbons (Fsp3) is 0.500. The maximum Gasteiger partial charge on any atom is 0.321 e. The summed E-state index contributed by atoms with van der Waals surface area (Å²) >= 11 is 1.41. The fourth-order valence-corrected chi connectivity index (χ4v) is 2.18. The summed E-state index contributed by atoms with van der Waals surface area (Å²) in [5.74, 6) is -1.48. The summed E-state index contributed by atoms with van der Waals surface area (Å²) in [6.07, 6.45) is -0.176.